The monoisotopic (exact) mass is 571 g/mol. The van der Waals surface area contributed by atoms with Crippen molar-refractivity contribution < 1.29 is 32.3 Å². The van der Waals surface area contributed by atoms with E-state index in [2.05, 4.69) is 9.62 Å². The molecule has 4 rings (SSSR count). The summed E-state index contributed by atoms with van der Waals surface area (Å²) >= 11 is -1.32. The lowest BCUT2D eigenvalue weighted by atomic mass is 9.98. The molecule has 0 bridgehead atoms. The zero-order chi connectivity index (χ0) is 27.2. The number of nitrogens with one attached hydrogen (secondary N) is 1. The Hall–Kier alpha value is -3.01. The molecular formula is C23H30FN5O7S2. The minimum Gasteiger partial charge on any atom is -0.497 e. The van der Waals surface area contributed by atoms with Gasteiger partial charge < -0.3 is 19.3 Å². The molecule has 38 heavy (non-hydrogen) atoms. The van der Waals surface area contributed by atoms with Gasteiger partial charge in [0.25, 0.3) is 11.3 Å². The number of hydrogen-bond donors (Lipinski definition) is 2. The van der Waals surface area contributed by atoms with Crippen LogP contribution in [0.2, 0.25) is 0 Å². The van der Waals surface area contributed by atoms with E-state index < -0.39 is 22.3 Å². The highest BCUT2D eigenvalue weighted by atomic mass is 32.2. The summed E-state index contributed by atoms with van der Waals surface area (Å²) in [5.74, 6) is 0.470. The van der Waals surface area contributed by atoms with Gasteiger partial charge in [-0.05, 0) is 37.6 Å². The van der Waals surface area contributed by atoms with Crippen molar-refractivity contribution in [2.24, 2.45) is 5.92 Å². The van der Waals surface area contributed by atoms with Gasteiger partial charge in [-0.3, -0.25) is 24.3 Å². The maximum Gasteiger partial charge on any atom is 0.409 e. The molecule has 0 saturated carbocycles. The molecular weight excluding hydrogens is 541 g/mol. The number of hydrogen-bond acceptors (Lipinski definition) is 9. The normalized spacial score (nSPS) is 19.2. The average Bonchev–Trinajstić information content (AvgIpc) is 3.32. The van der Waals surface area contributed by atoms with Crippen molar-refractivity contribution in [3.05, 3.63) is 45.8 Å². The van der Waals surface area contributed by atoms with Gasteiger partial charge in [0.15, 0.2) is 5.00 Å². The number of amides is 1. The smallest absolute Gasteiger partial charge is 0.409 e. The molecule has 1 amide bonds. The molecule has 2 atom stereocenters. The fourth-order valence-electron chi connectivity index (χ4n) is 4.71. The highest BCUT2D eigenvalue weighted by Crippen LogP contribution is 2.41. The highest BCUT2D eigenvalue weighted by Gasteiger charge is 2.30. The zero-order valence-corrected chi connectivity index (χ0v) is 22.5. The molecule has 2 saturated heterocycles. The van der Waals surface area contributed by atoms with Gasteiger partial charge >= 0.3 is 11.8 Å². The number of ether oxygens (including phenoxy) is 2. The first-order valence-corrected chi connectivity index (χ1v) is 14.0. The Kier molecular flexibility index (Phi) is 9.35. The Morgan fingerprint density at radius 1 is 1.29 bits per heavy atom. The Bertz CT molecular complexity index is 1180. The van der Waals surface area contributed by atoms with Crippen LogP contribution in [-0.2, 0) is 22.5 Å². The van der Waals surface area contributed by atoms with Gasteiger partial charge in [-0.15, -0.1) is 0 Å². The van der Waals surface area contributed by atoms with Crippen molar-refractivity contribution in [1.82, 2.24) is 9.80 Å². The van der Waals surface area contributed by atoms with Crippen molar-refractivity contribution in [1.29, 1.82) is 0 Å². The number of methoxy groups -OCH3 is 1. The van der Waals surface area contributed by atoms with Crippen molar-refractivity contribution >= 4 is 44.4 Å². The van der Waals surface area contributed by atoms with Crippen LogP contribution in [0, 0.1) is 21.8 Å². The number of halogens is 1. The first-order valence-electron chi connectivity index (χ1n) is 12.1. The van der Waals surface area contributed by atoms with Crippen LogP contribution in [0.15, 0.2) is 24.3 Å². The second-order valence-corrected chi connectivity index (χ2v) is 10.9. The SMILES string of the molecule is COc1ccc(F)c(CN2CCCC(COC(=O)N3CCN(c4sc(NS(=O)O)cc4[N+](=O)[O-])CC3)C2)c1. The number of rotatable bonds is 9. The van der Waals surface area contributed by atoms with Crippen LogP contribution in [0.25, 0.3) is 0 Å². The van der Waals surface area contributed by atoms with Gasteiger partial charge in [-0.2, -0.15) is 0 Å². The zero-order valence-electron chi connectivity index (χ0n) is 20.8. The summed E-state index contributed by atoms with van der Waals surface area (Å²) in [6, 6.07) is 5.92. The molecule has 208 valence electrons. The molecule has 15 heteroatoms. The largest absolute Gasteiger partial charge is 0.497 e. The molecule has 1 aromatic heterocycles. The van der Waals surface area contributed by atoms with E-state index in [0.717, 1.165) is 30.7 Å². The number of piperazine rings is 1. The van der Waals surface area contributed by atoms with E-state index in [1.807, 2.05) is 0 Å². The van der Waals surface area contributed by atoms with E-state index in [0.29, 0.717) is 55.6 Å². The molecule has 2 aromatic rings. The molecule has 0 radical (unpaired) electrons. The Balaban J connectivity index is 1.26. The van der Waals surface area contributed by atoms with Gasteiger partial charge in [0.05, 0.1) is 24.7 Å². The summed E-state index contributed by atoms with van der Waals surface area (Å²) < 4.78 is 47.3. The van der Waals surface area contributed by atoms with Gasteiger partial charge in [0, 0.05) is 50.7 Å². The molecule has 2 aliphatic rings. The van der Waals surface area contributed by atoms with Crippen LogP contribution >= 0.6 is 11.3 Å². The average molecular weight is 572 g/mol. The summed E-state index contributed by atoms with van der Waals surface area (Å²) in [7, 11) is 1.55. The van der Waals surface area contributed by atoms with E-state index in [4.69, 9.17) is 14.0 Å². The number of carbonyl (C=O) groups excluding carboxylic acids is 1. The molecule has 0 aliphatic carbocycles. The number of nitro groups is 1. The molecule has 1 aromatic carbocycles. The fraction of sp³-hybridized carbons (Fsp3) is 0.522. The van der Waals surface area contributed by atoms with E-state index in [9.17, 15) is 23.5 Å². The summed E-state index contributed by atoms with van der Waals surface area (Å²) in [4.78, 5) is 29.1. The number of thiophene rings is 1. The number of carbonyl (C=O) groups is 1. The van der Waals surface area contributed by atoms with E-state index >= 15 is 0 Å². The highest BCUT2D eigenvalue weighted by molar-refractivity contribution is 7.80. The first kappa shape index (κ1) is 28.0. The van der Waals surface area contributed by atoms with Crippen molar-refractivity contribution in [2.45, 2.75) is 19.4 Å². The lowest BCUT2D eigenvalue weighted by molar-refractivity contribution is -0.383. The lowest BCUT2D eigenvalue weighted by Gasteiger charge is -2.35. The number of nitrogens with zero attached hydrogens (tertiary/aromatic N) is 4. The van der Waals surface area contributed by atoms with Gasteiger partial charge in [-0.1, -0.05) is 11.3 Å². The molecule has 2 N–H and O–H groups in total. The second kappa shape index (κ2) is 12.7. The fourth-order valence-corrected chi connectivity index (χ4v) is 6.25. The predicted molar refractivity (Wildman–Crippen MR) is 141 cm³/mol. The summed E-state index contributed by atoms with van der Waals surface area (Å²) in [6.45, 7) is 3.62. The first-order chi connectivity index (χ1) is 18.2. The topological polar surface area (TPSA) is 138 Å². The number of piperidine rings is 1. The molecule has 2 fully saturated rings. The van der Waals surface area contributed by atoms with Gasteiger partial charge in [0.1, 0.15) is 16.6 Å². The van der Waals surface area contributed by atoms with E-state index in [1.54, 1.807) is 29.0 Å². The predicted octanol–water partition coefficient (Wildman–Crippen LogP) is 3.52. The van der Waals surface area contributed by atoms with Crippen molar-refractivity contribution in [3.8, 4) is 5.75 Å². The standard InChI is InChI=1S/C23H30FN5O7S2/c1-35-18-4-5-19(24)17(11-18)14-26-6-2-3-16(13-26)15-36-23(30)28-9-7-27(8-10-28)22-20(29(31)32)12-21(37-22)25-38(33)34/h4-5,11-12,16,25H,2-3,6-10,13-15H2,1H3,(H,33,34). The van der Waals surface area contributed by atoms with Crippen LogP contribution in [0.5, 0.6) is 5.75 Å². The Labute approximate surface area is 225 Å². The summed E-state index contributed by atoms with van der Waals surface area (Å²) in [6.07, 6.45) is 1.40. The Morgan fingerprint density at radius 2 is 2.05 bits per heavy atom. The molecule has 0 spiro atoms. The van der Waals surface area contributed by atoms with E-state index in [1.165, 1.54) is 12.1 Å². The van der Waals surface area contributed by atoms with Gasteiger partial charge in [0.2, 0.25) is 0 Å². The maximum absolute atomic E-state index is 14.2. The van der Waals surface area contributed by atoms with Crippen LogP contribution < -0.4 is 14.4 Å². The lowest BCUT2D eigenvalue weighted by Crippen LogP contribution is -2.49. The number of anilines is 2. The number of likely N-dealkylation sites (tertiary alicyclic amines) is 1. The maximum atomic E-state index is 14.2. The summed E-state index contributed by atoms with van der Waals surface area (Å²) in [5.41, 5.74) is 0.410. The van der Waals surface area contributed by atoms with Crippen LogP contribution in [0.4, 0.5) is 24.9 Å². The van der Waals surface area contributed by atoms with Crippen LogP contribution in [-0.4, -0.2) is 82.6 Å². The minimum absolute atomic E-state index is 0.138. The quantitative estimate of drug-likeness (QED) is 0.263. The third kappa shape index (κ3) is 7.09. The van der Waals surface area contributed by atoms with Crippen molar-refractivity contribution in [2.75, 3.05) is 62.6 Å². The molecule has 3 heterocycles. The Morgan fingerprint density at radius 3 is 2.74 bits per heavy atom. The summed E-state index contributed by atoms with van der Waals surface area (Å²) in [5, 5.41) is 12.0. The molecule has 2 unspecified atom stereocenters. The third-order valence-corrected chi connectivity index (χ3v) is 8.22. The minimum atomic E-state index is -2.34. The van der Waals surface area contributed by atoms with Crippen LogP contribution in [0.1, 0.15) is 18.4 Å². The second-order valence-electron chi connectivity index (χ2n) is 9.16. The van der Waals surface area contributed by atoms with Crippen LogP contribution in [0.3, 0.4) is 0 Å². The molecule has 2 aliphatic heterocycles. The third-order valence-electron chi connectivity index (χ3n) is 6.60. The number of benzene rings is 1. The van der Waals surface area contributed by atoms with Crippen molar-refractivity contribution in [3.63, 3.8) is 0 Å². The molecule has 12 nitrogen and oxygen atoms in total. The van der Waals surface area contributed by atoms with E-state index in [-0.39, 0.29) is 29.0 Å². The van der Waals surface area contributed by atoms with Gasteiger partial charge in [-0.25, -0.2) is 13.4 Å².